The summed E-state index contributed by atoms with van der Waals surface area (Å²) in [4.78, 5) is 10.9. The zero-order valence-electron chi connectivity index (χ0n) is 10.7. The van der Waals surface area contributed by atoms with Gasteiger partial charge in [0.15, 0.2) is 9.84 Å². The van der Waals surface area contributed by atoms with E-state index < -0.39 is 15.8 Å². The molecule has 0 saturated carbocycles. The van der Waals surface area contributed by atoms with Crippen molar-refractivity contribution in [2.45, 2.75) is 19.9 Å². The molecule has 0 fully saturated rings. The zero-order valence-corrected chi connectivity index (χ0v) is 12.3. The molecule has 0 spiro atoms. The van der Waals surface area contributed by atoms with Crippen molar-refractivity contribution < 1.29 is 18.3 Å². The van der Waals surface area contributed by atoms with Crippen molar-refractivity contribution in [1.82, 2.24) is 0 Å². The van der Waals surface area contributed by atoms with E-state index in [-0.39, 0.29) is 28.1 Å². The molecule has 1 aromatic rings. The van der Waals surface area contributed by atoms with E-state index in [0.29, 0.717) is 5.69 Å². The fourth-order valence-corrected chi connectivity index (χ4v) is 2.88. The van der Waals surface area contributed by atoms with Crippen LogP contribution in [0.15, 0.2) is 18.2 Å². The lowest BCUT2D eigenvalue weighted by molar-refractivity contribution is 0.0697. The predicted molar refractivity (Wildman–Crippen MR) is 75.8 cm³/mol. The van der Waals surface area contributed by atoms with Crippen molar-refractivity contribution in [3.8, 4) is 0 Å². The van der Waals surface area contributed by atoms with Crippen LogP contribution in [-0.4, -0.2) is 37.0 Å². The molecule has 19 heavy (non-hydrogen) atoms. The molecule has 0 heterocycles. The first-order valence-corrected chi connectivity index (χ1v) is 7.95. The van der Waals surface area contributed by atoms with Gasteiger partial charge in [-0.25, -0.2) is 13.2 Å². The Kier molecular flexibility index (Phi) is 5.20. The summed E-state index contributed by atoms with van der Waals surface area (Å²) in [6, 6.07) is 4.16. The molecule has 0 aliphatic heterocycles. The maximum absolute atomic E-state index is 11.5. The van der Waals surface area contributed by atoms with Crippen LogP contribution in [0.1, 0.15) is 24.2 Å². The van der Waals surface area contributed by atoms with Crippen LogP contribution in [0.3, 0.4) is 0 Å². The topological polar surface area (TPSA) is 83.5 Å². The minimum absolute atomic E-state index is 0.00543. The van der Waals surface area contributed by atoms with Crippen LogP contribution in [0.2, 0.25) is 5.02 Å². The van der Waals surface area contributed by atoms with Crippen LogP contribution in [0.4, 0.5) is 5.69 Å². The lowest BCUT2D eigenvalue weighted by atomic mass is 10.2. The molecule has 0 saturated heterocycles. The molecule has 0 aromatic heterocycles. The molecule has 0 bridgehead atoms. The molecule has 0 radical (unpaired) electrons. The number of carbonyl (C=O) groups is 1. The summed E-state index contributed by atoms with van der Waals surface area (Å²) in [5, 5.41) is 12.0. The minimum atomic E-state index is -3.08. The summed E-state index contributed by atoms with van der Waals surface area (Å²) in [7, 11) is -3.08. The number of carboxylic acids is 1. The zero-order chi connectivity index (χ0) is 14.6. The van der Waals surface area contributed by atoms with Gasteiger partial charge in [0.05, 0.1) is 16.3 Å². The Balaban J connectivity index is 2.83. The number of aromatic carboxylic acids is 1. The Labute approximate surface area is 117 Å². The summed E-state index contributed by atoms with van der Waals surface area (Å²) < 4.78 is 22.9. The van der Waals surface area contributed by atoms with E-state index in [2.05, 4.69) is 5.32 Å². The van der Waals surface area contributed by atoms with E-state index in [1.54, 1.807) is 19.9 Å². The third-order valence-corrected chi connectivity index (χ3v) is 4.77. The van der Waals surface area contributed by atoms with Crippen LogP contribution >= 0.6 is 11.6 Å². The molecule has 0 amide bonds. The average Bonchev–Trinajstić information content (AvgIpc) is 2.30. The SMILES string of the molecule is CCS(=O)(=O)CC(C)Nc1ccc(Cl)c(C(=O)O)c1. The maximum Gasteiger partial charge on any atom is 0.337 e. The van der Waals surface area contributed by atoms with Crippen LogP contribution in [0.5, 0.6) is 0 Å². The molecule has 2 N–H and O–H groups in total. The first-order chi connectivity index (χ1) is 8.75. The highest BCUT2D eigenvalue weighted by Crippen LogP contribution is 2.21. The van der Waals surface area contributed by atoms with Gasteiger partial charge in [-0.3, -0.25) is 0 Å². The fourth-order valence-electron chi connectivity index (χ4n) is 1.60. The number of sulfone groups is 1. The monoisotopic (exact) mass is 305 g/mol. The number of benzene rings is 1. The molecule has 106 valence electrons. The Morgan fingerprint density at radius 3 is 2.63 bits per heavy atom. The molecule has 1 atom stereocenters. The highest BCUT2D eigenvalue weighted by atomic mass is 35.5. The molecular formula is C12H16ClNO4S. The van der Waals surface area contributed by atoms with Gasteiger partial charge in [0, 0.05) is 17.5 Å². The van der Waals surface area contributed by atoms with Crippen LogP contribution < -0.4 is 5.32 Å². The Hall–Kier alpha value is -1.27. The largest absolute Gasteiger partial charge is 0.478 e. The van der Waals surface area contributed by atoms with Crippen LogP contribution in [-0.2, 0) is 9.84 Å². The predicted octanol–water partition coefficient (Wildman–Crippen LogP) is 2.27. The van der Waals surface area contributed by atoms with Gasteiger partial charge in [0.25, 0.3) is 0 Å². The number of nitrogens with one attached hydrogen (secondary N) is 1. The number of anilines is 1. The second-order valence-electron chi connectivity index (χ2n) is 4.24. The van der Waals surface area contributed by atoms with Crippen LogP contribution in [0, 0.1) is 0 Å². The number of hydrogen-bond donors (Lipinski definition) is 2. The summed E-state index contributed by atoms with van der Waals surface area (Å²) >= 11 is 5.75. The minimum Gasteiger partial charge on any atom is -0.478 e. The van der Waals surface area contributed by atoms with E-state index in [1.807, 2.05) is 0 Å². The Morgan fingerprint density at radius 1 is 1.47 bits per heavy atom. The van der Waals surface area contributed by atoms with Crippen molar-refractivity contribution in [1.29, 1.82) is 0 Å². The first kappa shape index (κ1) is 15.8. The molecule has 7 heteroatoms. The summed E-state index contributed by atoms with van der Waals surface area (Å²) in [5.74, 6) is -1.04. The van der Waals surface area contributed by atoms with E-state index in [9.17, 15) is 13.2 Å². The second-order valence-corrected chi connectivity index (χ2v) is 7.05. The standard InChI is InChI=1S/C12H16ClNO4S/c1-3-19(17,18)7-8(2)14-9-4-5-11(13)10(6-9)12(15)16/h4-6,8,14H,3,7H2,1-2H3,(H,15,16). The van der Waals surface area contributed by atoms with E-state index in [1.165, 1.54) is 12.1 Å². The lowest BCUT2D eigenvalue weighted by Gasteiger charge is -2.15. The van der Waals surface area contributed by atoms with Crippen molar-refractivity contribution in [3.05, 3.63) is 28.8 Å². The fraction of sp³-hybridized carbons (Fsp3) is 0.417. The molecule has 0 aliphatic carbocycles. The van der Waals surface area contributed by atoms with Gasteiger partial charge in [0.1, 0.15) is 0 Å². The third kappa shape index (κ3) is 4.72. The van der Waals surface area contributed by atoms with Crippen molar-refractivity contribution in [2.75, 3.05) is 16.8 Å². The van der Waals surface area contributed by atoms with Crippen molar-refractivity contribution >= 4 is 33.1 Å². The quantitative estimate of drug-likeness (QED) is 0.842. The molecule has 0 aliphatic rings. The van der Waals surface area contributed by atoms with Gasteiger partial charge in [0.2, 0.25) is 0 Å². The van der Waals surface area contributed by atoms with E-state index in [4.69, 9.17) is 16.7 Å². The van der Waals surface area contributed by atoms with Crippen LogP contribution in [0.25, 0.3) is 0 Å². The lowest BCUT2D eigenvalue weighted by Crippen LogP contribution is -2.26. The Bertz CT molecular complexity index is 571. The smallest absolute Gasteiger partial charge is 0.337 e. The van der Waals surface area contributed by atoms with E-state index >= 15 is 0 Å². The van der Waals surface area contributed by atoms with Gasteiger partial charge in [-0.15, -0.1) is 0 Å². The highest BCUT2D eigenvalue weighted by molar-refractivity contribution is 7.91. The Morgan fingerprint density at radius 2 is 2.11 bits per heavy atom. The van der Waals surface area contributed by atoms with Crippen molar-refractivity contribution in [2.24, 2.45) is 0 Å². The van der Waals surface area contributed by atoms with Gasteiger partial charge in [-0.1, -0.05) is 18.5 Å². The summed E-state index contributed by atoms with van der Waals surface area (Å²) in [6.45, 7) is 3.31. The summed E-state index contributed by atoms with van der Waals surface area (Å²) in [5.41, 5.74) is 0.512. The number of hydrogen-bond acceptors (Lipinski definition) is 4. The van der Waals surface area contributed by atoms with Gasteiger partial charge >= 0.3 is 5.97 Å². The molecule has 5 nitrogen and oxygen atoms in total. The second kappa shape index (κ2) is 6.25. The highest BCUT2D eigenvalue weighted by Gasteiger charge is 2.15. The number of halogens is 1. The van der Waals surface area contributed by atoms with Gasteiger partial charge < -0.3 is 10.4 Å². The van der Waals surface area contributed by atoms with E-state index in [0.717, 1.165) is 0 Å². The van der Waals surface area contributed by atoms with Gasteiger partial charge in [-0.2, -0.15) is 0 Å². The summed E-state index contributed by atoms with van der Waals surface area (Å²) in [6.07, 6.45) is 0. The first-order valence-electron chi connectivity index (χ1n) is 5.75. The number of carboxylic acid groups (broad SMARTS) is 1. The number of rotatable bonds is 6. The van der Waals surface area contributed by atoms with Crippen molar-refractivity contribution in [3.63, 3.8) is 0 Å². The normalized spacial score (nSPS) is 13.0. The maximum atomic E-state index is 11.5. The average molecular weight is 306 g/mol. The molecule has 1 unspecified atom stereocenters. The molecule has 1 rings (SSSR count). The van der Waals surface area contributed by atoms with Gasteiger partial charge in [-0.05, 0) is 25.1 Å². The third-order valence-electron chi connectivity index (χ3n) is 2.55. The molecular weight excluding hydrogens is 290 g/mol. The molecule has 1 aromatic carbocycles.